The van der Waals surface area contributed by atoms with E-state index in [1.54, 1.807) is 19.1 Å². The first kappa shape index (κ1) is 15.2. The molecule has 3 nitrogen and oxygen atoms in total. The molecule has 6 heteroatoms. The molecular formula is C14H14BrClFN3. The Hall–Kier alpha value is -1.20. The summed E-state index contributed by atoms with van der Waals surface area (Å²) in [7, 11) is 0. The fourth-order valence-electron chi connectivity index (χ4n) is 1.71. The highest BCUT2D eigenvalue weighted by Gasteiger charge is 2.14. The zero-order valence-electron chi connectivity index (χ0n) is 11.2. The Kier molecular flexibility index (Phi) is 4.94. The molecule has 0 aliphatic carbocycles. The Morgan fingerprint density at radius 1 is 1.35 bits per heavy atom. The lowest BCUT2D eigenvalue weighted by Gasteiger charge is -2.10. The number of halogens is 3. The smallest absolute Gasteiger partial charge is 0.186 e. The van der Waals surface area contributed by atoms with Crippen LogP contribution in [0.1, 0.15) is 19.0 Å². The second kappa shape index (κ2) is 6.50. The fraction of sp³-hybridized carbons (Fsp3) is 0.286. The Morgan fingerprint density at radius 2 is 2.10 bits per heavy atom. The molecule has 1 aromatic carbocycles. The molecule has 0 unspecified atom stereocenters. The van der Waals surface area contributed by atoms with Crippen LogP contribution in [0.5, 0.6) is 0 Å². The van der Waals surface area contributed by atoms with Gasteiger partial charge < -0.3 is 5.32 Å². The standard InChI is InChI=1S/C14H14BrClFN3/c1-3-6-18-14-12(17)8(2)19-13(20-14)10-5-4-9(16)7-11(10)15/h4-5,7H,3,6H2,1-2H3,(H,18,19,20). The molecule has 0 bridgehead atoms. The van der Waals surface area contributed by atoms with Gasteiger partial charge in [0.25, 0.3) is 0 Å². The van der Waals surface area contributed by atoms with Gasteiger partial charge in [-0.05, 0) is 47.5 Å². The fourth-order valence-corrected chi connectivity index (χ4v) is 2.57. The molecule has 1 aromatic heterocycles. The number of anilines is 1. The van der Waals surface area contributed by atoms with E-state index < -0.39 is 5.82 Å². The molecule has 0 saturated carbocycles. The van der Waals surface area contributed by atoms with E-state index in [1.165, 1.54) is 0 Å². The molecule has 0 radical (unpaired) electrons. The molecule has 0 saturated heterocycles. The topological polar surface area (TPSA) is 37.8 Å². The third-order valence-corrected chi connectivity index (χ3v) is 3.62. The molecule has 20 heavy (non-hydrogen) atoms. The van der Waals surface area contributed by atoms with Gasteiger partial charge in [-0.3, -0.25) is 0 Å². The molecule has 0 aliphatic heterocycles. The molecule has 2 aromatic rings. The van der Waals surface area contributed by atoms with Gasteiger partial charge in [0, 0.05) is 21.6 Å². The molecule has 0 aliphatic rings. The van der Waals surface area contributed by atoms with Gasteiger partial charge in [-0.1, -0.05) is 18.5 Å². The van der Waals surface area contributed by atoms with Crippen molar-refractivity contribution in [3.05, 3.63) is 39.2 Å². The van der Waals surface area contributed by atoms with Crippen LogP contribution in [-0.4, -0.2) is 16.5 Å². The summed E-state index contributed by atoms with van der Waals surface area (Å²) in [4.78, 5) is 8.46. The number of benzene rings is 1. The largest absolute Gasteiger partial charge is 0.368 e. The van der Waals surface area contributed by atoms with Gasteiger partial charge >= 0.3 is 0 Å². The highest BCUT2D eigenvalue weighted by Crippen LogP contribution is 2.30. The number of rotatable bonds is 4. The van der Waals surface area contributed by atoms with Crippen LogP contribution in [0, 0.1) is 12.7 Å². The van der Waals surface area contributed by atoms with Crippen molar-refractivity contribution >= 4 is 33.3 Å². The van der Waals surface area contributed by atoms with E-state index in [-0.39, 0.29) is 5.82 Å². The monoisotopic (exact) mass is 357 g/mol. The van der Waals surface area contributed by atoms with Crippen LogP contribution in [0.4, 0.5) is 10.2 Å². The predicted octanol–water partition coefficient (Wildman–Crippen LogP) is 4.83. The van der Waals surface area contributed by atoms with Gasteiger partial charge in [-0.2, -0.15) is 0 Å². The van der Waals surface area contributed by atoms with Gasteiger partial charge in [-0.25, -0.2) is 14.4 Å². The van der Waals surface area contributed by atoms with E-state index in [4.69, 9.17) is 11.6 Å². The van der Waals surface area contributed by atoms with Gasteiger partial charge in [0.15, 0.2) is 17.5 Å². The van der Waals surface area contributed by atoms with E-state index in [0.29, 0.717) is 23.1 Å². The van der Waals surface area contributed by atoms with E-state index in [1.807, 2.05) is 13.0 Å². The first-order valence-corrected chi connectivity index (χ1v) is 7.43. The second-order valence-corrected chi connectivity index (χ2v) is 5.64. The minimum atomic E-state index is -0.410. The van der Waals surface area contributed by atoms with Crippen LogP contribution in [0.25, 0.3) is 11.4 Å². The van der Waals surface area contributed by atoms with Crippen LogP contribution in [0.15, 0.2) is 22.7 Å². The number of nitrogens with zero attached hydrogens (tertiary/aromatic N) is 2. The summed E-state index contributed by atoms with van der Waals surface area (Å²) in [5.74, 6) is 0.287. The van der Waals surface area contributed by atoms with Crippen molar-refractivity contribution in [1.29, 1.82) is 0 Å². The average Bonchev–Trinajstić information content (AvgIpc) is 2.40. The normalized spacial score (nSPS) is 10.7. The Bertz CT molecular complexity index is 634. The Balaban J connectivity index is 2.48. The maximum atomic E-state index is 14.0. The van der Waals surface area contributed by atoms with Gasteiger partial charge in [-0.15, -0.1) is 0 Å². The van der Waals surface area contributed by atoms with Crippen molar-refractivity contribution in [2.45, 2.75) is 20.3 Å². The molecule has 1 N–H and O–H groups in total. The first-order valence-electron chi connectivity index (χ1n) is 6.26. The van der Waals surface area contributed by atoms with E-state index >= 15 is 0 Å². The maximum Gasteiger partial charge on any atom is 0.186 e. The zero-order valence-corrected chi connectivity index (χ0v) is 13.5. The van der Waals surface area contributed by atoms with Crippen molar-refractivity contribution in [1.82, 2.24) is 9.97 Å². The Morgan fingerprint density at radius 3 is 2.75 bits per heavy atom. The van der Waals surface area contributed by atoms with E-state index in [9.17, 15) is 4.39 Å². The molecule has 106 valence electrons. The summed E-state index contributed by atoms with van der Waals surface area (Å²) in [6.45, 7) is 4.30. The molecule has 0 spiro atoms. The van der Waals surface area contributed by atoms with Crippen molar-refractivity contribution in [3.8, 4) is 11.4 Å². The molecule has 2 rings (SSSR count). The SMILES string of the molecule is CCCNc1nc(-c2ccc(Cl)cc2Br)nc(C)c1F. The van der Waals surface area contributed by atoms with Crippen LogP contribution in [0.3, 0.4) is 0 Å². The summed E-state index contributed by atoms with van der Waals surface area (Å²) in [6.07, 6.45) is 0.891. The summed E-state index contributed by atoms with van der Waals surface area (Å²) >= 11 is 9.34. The summed E-state index contributed by atoms with van der Waals surface area (Å²) < 4.78 is 14.7. The van der Waals surface area contributed by atoms with Crippen LogP contribution in [-0.2, 0) is 0 Å². The third kappa shape index (κ3) is 3.27. The van der Waals surface area contributed by atoms with Gasteiger partial charge in [0.05, 0.1) is 5.69 Å². The second-order valence-electron chi connectivity index (χ2n) is 4.35. The van der Waals surface area contributed by atoms with Crippen molar-refractivity contribution in [3.63, 3.8) is 0 Å². The maximum absolute atomic E-state index is 14.0. The lowest BCUT2D eigenvalue weighted by Crippen LogP contribution is -2.08. The highest BCUT2D eigenvalue weighted by atomic mass is 79.9. The third-order valence-electron chi connectivity index (χ3n) is 2.73. The molecule has 0 fully saturated rings. The number of nitrogens with one attached hydrogen (secondary N) is 1. The molecule has 0 atom stereocenters. The minimum Gasteiger partial charge on any atom is -0.368 e. The van der Waals surface area contributed by atoms with Gasteiger partial charge in [0.2, 0.25) is 0 Å². The number of aromatic nitrogens is 2. The average molecular weight is 359 g/mol. The molecule has 0 amide bonds. The zero-order chi connectivity index (χ0) is 14.7. The summed E-state index contributed by atoms with van der Waals surface area (Å²) in [6, 6.07) is 5.32. The lowest BCUT2D eigenvalue weighted by molar-refractivity contribution is 0.605. The highest BCUT2D eigenvalue weighted by molar-refractivity contribution is 9.10. The van der Waals surface area contributed by atoms with Crippen LogP contribution >= 0.6 is 27.5 Å². The van der Waals surface area contributed by atoms with Crippen LogP contribution < -0.4 is 5.32 Å². The van der Waals surface area contributed by atoms with E-state index in [0.717, 1.165) is 16.5 Å². The summed E-state index contributed by atoms with van der Waals surface area (Å²) in [5, 5.41) is 3.59. The first-order chi connectivity index (χ1) is 9.52. The minimum absolute atomic E-state index is 0.233. The quantitative estimate of drug-likeness (QED) is 0.850. The van der Waals surface area contributed by atoms with Gasteiger partial charge in [0.1, 0.15) is 0 Å². The lowest BCUT2D eigenvalue weighted by atomic mass is 10.2. The van der Waals surface area contributed by atoms with E-state index in [2.05, 4.69) is 31.2 Å². The van der Waals surface area contributed by atoms with Crippen molar-refractivity contribution < 1.29 is 4.39 Å². The molecular weight excluding hydrogens is 345 g/mol. The molecule has 1 heterocycles. The number of aryl methyl sites for hydroxylation is 1. The van der Waals surface area contributed by atoms with Crippen molar-refractivity contribution in [2.75, 3.05) is 11.9 Å². The summed E-state index contributed by atoms with van der Waals surface area (Å²) in [5.41, 5.74) is 1.09. The number of hydrogen-bond acceptors (Lipinski definition) is 3. The van der Waals surface area contributed by atoms with Crippen molar-refractivity contribution in [2.24, 2.45) is 0 Å². The predicted molar refractivity (Wildman–Crippen MR) is 83.7 cm³/mol. The van der Waals surface area contributed by atoms with Crippen LogP contribution in [0.2, 0.25) is 5.02 Å². The number of hydrogen-bond donors (Lipinski definition) is 1. The Labute approximate surface area is 130 Å².